The first-order valence-corrected chi connectivity index (χ1v) is 7.77. The molecule has 0 spiro atoms. The Kier molecular flexibility index (Phi) is 4.82. The Morgan fingerprint density at radius 1 is 0.667 bits per heavy atom. The van der Waals surface area contributed by atoms with Crippen molar-refractivity contribution in [2.24, 2.45) is 10.2 Å². The Hall–Kier alpha value is -3.20. The maximum atomic E-state index is 9.95. The zero-order valence-electron chi connectivity index (χ0n) is 13.4. The fourth-order valence-electron chi connectivity index (χ4n) is 2.43. The minimum absolute atomic E-state index is 0.204. The molecule has 3 nitrogen and oxygen atoms in total. The number of phenols is 1. The van der Waals surface area contributed by atoms with Crippen molar-refractivity contribution < 1.29 is 5.11 Å². The van der Waals surface area contributed by atoms with Crippen LogP contribution in [0.4, 0.5) is 0 Å². The first-order chi connectivity index (χ1) is 11.8. The van der Waals surface area contributed by atoms with Gasteiger partial charge in [-0.15, -0.1) is 5.10 Å². The summed E-state index contributed by atoms with van der Waals surface area (Å²) in [5.74, 6) is 0.204. The Balaban J connectivity index is 2.05. The summed E-state index contributed by atoms with van der Waals surface area (Å²) in [5, 5.41) is 18.8. The minimum Gasteiger partial charge on any atom is -0.507 e. The molecule has 0 unspecified atom stereocenters. The molecule has 24 heavy (non-hydrogen) atoms. The number of nitrogens with zero attached hydrogens (tertiary/aromatic N) is 2. The monoisotopic (exact) mass is 314 g/mol. The molecule has 1 N–H and O–H groups in total. The maximum absolute atomic E-state index is 9.95. The van der Waals surface area contributed by atoms with Gasteiger partial charge in [0.2, 0.25) is 0 Å². The molecule has 0 bridgehead atoms. The summed E-state index contributed by atoms with van der Waals surface area (Å²) < 4.78 is 0. The lowest BCUT2D eigenvalue weighted by Gasteiger charge is -2.06. The normalized spacial score (nSPS) is 11.1. The molecule has 3 heteroatoms. The fraction of sp³-hybridized carbons (Fsp3) is 0.0476. The molecule has 0 saturated heterocycles. The van der Waals surface area contributed by atoms with Crippen LogP contribution in [-0.2, 0) is 0 Å². The number of aromatic hydroxyl groups is 1. The van der Waals surface area contributed by atoms with E-state index < -0.39 is 0 Å². The van der Waals surface area contributed by atoms with Gasteiger partial charge in [0, 0.05) is 16.7 Å². The lowest BCUT2D eigenvalue weighted by atomic mass is 10.0. The molecule has 3 rings (SSSR count). The summed E-state index contributed by atoms with van der Waals surface area (Å²) in [5.41, 5.74) is 4.14. The highest BCUT2D eigenvalue weighted by Gasteiger charge is 2.07. The zero-order chi connectivity index (χ0) is 16.8. The topological polar surface area (TPSA) is 45.0 Å². The Bertz CT molecular complexity index is 827. The van der Waals surface area contributed by atoms with E-state index in [2.05, 4.69) is 10.2 Å². The molecule has 0 fully saturated rings. The van der Waals surface area contributed by atoms with Crippen molar-refractivity contribution in [1.82, 2.24) is 0 Å². The van der Waals surface area contributed by atoms with Crippen LogP contribution < -0.4 is 0 Å². The third kappa shape index (κ3) is 3.58. The Morgan fingerprint density at radius 3 is 1.71 bits per heavy atom. The van der Waals surface area contributed by atoms with Gasteiger partial charge >= 0.3 is 0 Å². The zero-order valence-corrected chi connectivity index (χ0v) is 13.4. The van der Waals surface area contributed by atoms with Crippen LogP contribution in [0.25, 0.3) is 0 Å². The van der Waals surface area contributed by atoms with Crippen molar-refractivity contribution in [2.45, 2.75) is 6.92 Å². The molecule has 0 aromatic heterocycles. The SMILES string of the molecule is C/C(=N\N=C(c1ccccc1)c1ccccc1)c1ccccc1O. The third-order valence-electron chi connectivity index (χ3n) is 3.69. The van der Waals surface area contributed by atoms with Crippen LogP contribution in [0, 0.1) is 0 Å². The molecule has 0 heterocycles. The van der Waals surface area contributed by atoms with E-state index in [9.17, 15) is 5.11 Å². The molecule has 0 aliphatic carbocycles. The van der Waals surface area contributed by atoms with E-state index in [1.165, 1.54) is 0 Å². The Labute approximate surface area is 141 Å². The van der Waals surface area contributed by atoms with Gasteiger partial charge in [-0.2, -0.15) is 5.10 Å². The smallest absolute Gasteiger partial charge is 0.124 e. The summed E-state index contributed by atoms with van der Waals surface area (Å²) in [6.07, 6.45) is 0. The third-order valence-corrected chi connectivity index (χ3v) is 3.69. The number of rotatable bonds is 4. The lowest BCUT2D eigenvalue weighted by molar-refractivity contribution is 0.474. The second-order valence-electron chi connectivity index (χ2n) is 5.38. The molecule has 0 aliphatic heterocycles. The minimum atomic E-state index is 0.204. The van der Waals surface area contributed by atoms with E-state index in [1.54, 1.807) is 12.1 Å². The summed E-state index contributed by atoms with van der Waals surface area (Å²) in [6, 6.07) is 27.0. The van der Waals surface area contributed by atoms with Crippen molar-refractivity contribution in [3.63, 3.8) is 0 Å². The molecule has 0 amide bonds. The van der Waals surface area contributed by atoms with Crippen molar-refractivity contribution in [1.29, 1.82) is 0 Å². The van der Waals surface area contributed by atoms with E-state index >= 15 is 0 Å². The molecular weight excluding hydrogens is 296 g/mol. The quantitative estimate of drug-likeness (QED) is 0.553. The maximum Gasteiger partial charge on any atom is 0.124 e. The fourth-order valence-corrected chi connectivity index (χ4v) is 2.43. The molecule has 0 aliphatic rings. The average molecular weight is 314 g/mol. The van der Waals surface area contributed by atoms with Crippen molar-refractivity contribution in [3.05, 3.63) is 102 Å². The average Bonchev–Trinajstić information content (AvgIpc) is 2.64. The van der Waals surface area contributed by atoms with E-state index in [-0.39, 0.29) is 5.75 Å². The Morgan fingerprint density at radius 2 is 1.17 bits per heavy atom. The summed E-state index contributed by atoms with van der Waals surface area (Å²) in [4.78, 5) is 0. The predicted octanol–water partition coefficient (Wildman–Crippen LogP) is 4.65. The van der Waals surface area contributed by atoms with Crippen LogP contribution in [0.15, 0.2) is 95.1 Å². The van der Waals surface area contributed by atoms with Gasteiger partial charge in [-0.25, -0.2) is 0 Å². The predicted molar refractivity (Wildman–Crippen MR) is 98.8 cm³/mol. The second kappa shape index (κ2) is 7.38. The van der Waals surface area contributed by atoms with E-state index in [4.69, 9.17) is 0 Å². The van der Waals surface area contributed by atoms with Crippen LogP contribution in [0.2, 0.25) is 0 Å². The van der Waals surface area contributed by atoms with Crippen molar-refractivity contribution >= 4 is 11.4 Å². The van der Waals surface area contributed by atoms with E-state index in [1.807, 2.05) is 79.7 Å². The molecule has 0 atom stereocenters. The summed E-state index contributed by atoms with van der Waals surface area (Å²) >= 11 is 0. The highest BCUT2D eigenvalue weighted by Crippen LogP contribution is 2.17. The van der Waals surface area contributed by atoms with Crippen LogP contribution >= 0.6 is 0 Å². The molecule has 0 radical (unpaired) electrons. The van der Waals surface area contributed by atoms with Crippen LogP contribution in [0.5, 0.6) is 5.75 Å². The van der Waals surface area contributed by atoms with E-state index in [0.717, 1.165) is 16.8 Å². The standard InChI is InChI=1S/C21H18N2O/c1-16(19-14-8-9-15-20(19)24)22-23-21(17-10-4-2-5-11-17)18-12-6-3-7-13-18/h2-15,24H,1H3/b22-16+. The highest BCUT2D eigenvalue weighted by molar-refractivity contribution is 6.13. The highest BCUT2D eigenvalue weighted by atomic mass is 16.3. The van der Waals surface area contributed by atoms with Gasteiger partial charge in [-0.1, -0.05) is 72.8 Å². The van der Waals surface area contributed by atoms with Gasteiger partial charge in [0.05, 0.1) is 5.71 Å². The van der Waals surface area contributed by atoms with Gasteiger partial charge < -0.3 is 5.11 Å². The van der Waals surface area contributed by atoms with Gasteiger partial charge in [0.15, 0.2) is 0 Å². The van der Waals surface area contributed by atoms with Crippen molar-refractivity contribution in [2.75, 3.05) is 0 Å². The van der Waals surface area contributed by atoms with E-state index in [0.29, 0.717) is 11.3 Å². The second-order valence-corrected chi connectivity index (χ2v) is 5.38. The molecule has 118 valence electrons. The summed E-state index contributed by atoms with van der Waals surface area (Å²) in [6.45, 7) is 1.84. The molecule has 0 saturated carbocycles. The number of hydrogen-bond donors (Lipinski definition) is 1. The summed E-state index contributed by atoms with van der Waals surface area (Å²) in [7, 11) is 0. The number of hydrogen-bond acceptors (Lipinski definition) is 3. The van der Waals surface area contributed by atoms with Crippen molar-refractivity contribution in [3.8, 4) is 5.75 Å². The molecule has 3 aromatic carbocycles. The largest absolute Gasteiger partial charge is 0.507 e. The first kappa shape index (κ1) is 15.7. The van der Waals surface area contributed by atoms with Crippen LogP contribution in [0.3, 0.4) is 0 Å². The number of benzene rings is 3. The van der Waals surface area contributed by atoms with Gasteiger partial charge in [-0.05, 0) is 19.1 Å². The molecular formula is C21H18N2O. The van der Waals surface area contributed by atoms with Crippen LogP contribution in [0.1, 0.15) is 23.6 Å². The first-order valence-electron chi connectivity index (χ1n) is 7.77. The van der Waals surface area contributed by atoms with Gasteiger partial charge in [0.25, 0.3) is 0 Å². The van der Waals surface area contributed by atoms with Gasteiger partial charge in [-0.3, -0.25) is 0 Å². The number of para-hydroxylation sites is 1. The van der Waals surface area contributed by atoms with Crippen LogP contribution in [-0.4, -0.2) is 16.5 Å². The van der Waals surface area contributed by atoms with Gasteiger partial charge in [0.1, 0.15) is 11.5 Å². The molecule has 3 aromatic rings. The lowest BCUT2D eigenvalue weighted by Crippen LogP contribution is -2.03. The number of phenolic OH excluding ortho intramolecular Hbond substituents is 1.